The highest BCUT2D eigenvalue weighted by molar-refractivity contribution is 7.94. The van der Waals surface area contributed by atoms with Crippen molar-refractivity contribution in [3.05, 3.63) is 101 Å². The van der Waals surface area contributed by atoms with Crippen molar-refractivity contribution in [2.24, 2.45) is 0 Å². The molecule has 0 saturated carbocycles. The highest BCUT2D eigenvalue weighted by atomic mass is 32.2. The summed E-state index contributed by atoms with van der Waals surface area (Å²) >= 11 is 0. The van der Waals surface area contributed by atoms with Gasteiger partial charge in [0.25, 0.3) is 0 Å². The van der Waals surface area contributed by atoms with Crippen molar-refractivity contribution >= 4 is 21.8 Å². The second-order valence-corrected chi connectivity index (χ2v) is 7.46. The molecule has 0 spiro atoms. The first-order chi connectivity index (χ1) is 12.0. The zero-order valence-corrected chi connectivity index (χ0v) is 15.0. The van der Waals surface area contributed by atoms with Crippen molar-refractivity contribution in [1.29, 1.82) is 0 Å². The summed E-state index contributed by atoms with van der Waals surface area (Å²) in [6.07, 6.45) is 1.91. The lowest BCUT2D eigenvalue weighted by Crippen LogP contribution is -1.97. The topological polar surface area (TPSA) is 17.1 Å². The first kappa shape index (κ1) is 17.3. The van der Waals surface area contributed by atoms with Crippen LogP contribution in [0.5, 0.6) is 0 Å². The maximum atomic E-state index is 13.3. The average Bonchev–Trinajstić information content (AvgIpc) is 2.62. The molecule has 1 atom stereocenters. The van der Waals surface area contributed by atoms with Crippen molar-refractivity contribution in [2.75, 3.05) is 0 Å². The van der Waals surface area contributed by atoms with Crippen LogP contribution in [0.3, 0.4) is 0 Å². The molecule has 0 aliphatic carbocycles. The summed E-state index contributed by atoms with van der Waals surface area (Å²) in [5, 5.41) is 0. The number of hydrogen-bond acceptors (Lipinski definition) is 1. The first-order valence-corrected chi connectivity index (χ1v) is 9.21. The Balaban J connectivity index is 2.07. The minimum atomic E-state index is -1.35. The van der Waals surface area contributed by atoms with Gasteiger partial charge in [-0.3, -0.25) is 0 Å². The van der Waals surface area contributed by atoms with E-state index in [2.05, 4.69) is 0 Å². The quantitative estimate of drug-likeness (QED) is 0.548. The van der Waals surface area contributed by atoms with Gasteiger partial charge in [0, 0.05) is 4.90 Å². The van der Waals surface area contributed by atoms with E-state index in [-0.39, 0.29) is 5.82 Å². The van der Waals surface area contributed by atoms with Crippen molar-refractivity contribution in [3.8, 4) is 0 Å². The molecule has 0 radical (unpaired) electrons. The molecule has 0 aliphatic heterocycles. The minimum Gasteiger partial charge on any atom is -0.249 e. The Labute approximate surface area is 150 Å². The van der Waals surface area contributed by atoms with Gasteiger partial charge in [-0.25, -0.2) is 8.60 Å². The number of rotatable bonds is 4. The SMILES string of the molecule is Cc1ccc(/C=C(\c2ccc(F)cc2)S(=O)c2ccc(C)cc2)cc1. The van der Waals surface area contributed by atoms with Crippen LogP contribution in [0.4, 0.5) is 4.39 Å². The maximum Gasteiger partial charge on any atom is 0.123 e. The molecular weight excluding hydrogens is 331 g/mol. The van der Waals surface area contributed by atoms with Crippen molar-refractivity contribution < 1.29 is 8.60 Å². The van der Waals surface area contributed by atoms with Crippen molar-refractivity contribution in [1.82, 2.24) is 0 Å². The van der Waals surface area contributed by atoms with Gasteiger partial charge in [-0.05, 0) is 55.3 Å². The van der Waals surface area contributed by atoms with Crippen LogP contribution < -0.4 is 0 Å². The molecule has 0 bridgehead atoms. The summed E-state index contributed by atoms with van der Waals surface area (Å²) in [5.74, 6) is -0.306. The van der Waals surface area contributed by atoms with Gasteiger partial charge in [-0.2, -0.15) is 0 Å². The Morgan fingerprint density at radius 2 is 1.32 bits per heavy atom. The van der Waals surface area contributed by atoms with Gasteiger partial charge in [0.05, 0.1) is 15.7 Å². The third-order valence-corrected chi connectivity index (χ3v) is 5.39. The van der Waals surface area contributed by atoms with E-state index in [1.807, 2.05) is 68.5 Å². The van der Waals surface area contributed by atoms with Crippen LogP contribution in [0.15, 0.2) is 77.7 Å². The maximum absolute atomic E-state index is 13.3. The lowest BCUT2D eigenvalue weighted by Gasteiger charge is -2.09. The largest absolute Gasteiger partial charge is 0.249 e. The molecule has 0 aromatic heterocycles. The van der Waals surface area contributed by atoms with Gasteiger partial charge < -0.3 is 0 Å². The molecule has 0 heterocycles. The van der Waals surface area contributed by atoms with Crippen LogP contribution in [0.1, 0.15) is 22.3 Å². The number of benzene rings is 3. The fourth-order valence-corrected chi connectivity index (χ4v) is 3.69. The number of hydrogen-bond donors (Lipinski definition) is 0. The normalized spacial score (nSPS) is 12.8. The third kappa shape index (κ3) is 4.31. The highest BCUT2D eigenvalue weighted by Gasteiger charge is 2.13. The number of aryl methyl sites for hydroxylation is 2. The minimum absolute atomic E-state index is 0.306. The van der Waals surface area contributed by atoms with Crippen LogP contribution >= 0.6 is 0 Å². The molecule has 0 amide bonds. The summed E-state index contributed by atoms with van der Waals surface area (Å²) < 4.78 is 26.5. The fourth-order valence-electron chi connectivity index (χ4n) is 2.46. The second kappa shape index (κ2) is 7.58. The lowest BCUT2D eigenvalue weighted by molar-refractivity contribution is 0.627. The Morgan fingerprint density at radius 3 is 1.88 bits per heavy atom. The van der Waals surface area contributed by atoms with Crippen molar-refractivity contribution in [2.45, 2.75) is 18.7 Å². The first-order valence-electron chi connectivity index (χ1n) is 8.06. The zero-order valence-electron chi connectivity index (χ0n) is 14.2. The average molecular weight is 350 g/mol. The molecule has 3 aromatic rings. The molecule has 3 aromatic carbocycles. The zero-order chi connectivity index (χ0) is 17.8. The van der Waals surface area contributed by atoms with Crippen LogP contribution in [-0.2, 0) is 10.8 Å². The molecule has 1 nitrogen and oxygen atoms in total. The van der Waals surface area contributed by atoms with Gasteiger partial charge in [0.2, 0.25) is 0 Å². The Hall–Kier alpha value is -2.52. The molecule has 0 aliphatic rings. The highest BCUT2D eigenvalue weighted by Crippen LogP contribution is 2.27. The third-order valence-electron chi connectivity index (χ3n) is 3.94. The van der Waals surface area contributed by atoms with Crippen LogP contribution in [0, 0.1) is 19.7 Å². The molecule has 0 fully saturated rings. The predicted octanol–water partition coefficient (Wildman–Crippen LogP) is 5.75. The van der Waals surface area contributed by atoms with Gasteiger partial charge in [0.15, 0.2) is 0 Å². The summed E-state index contributed by atoms with van der Waals surface area (Å²) in [7, 11) is -1.35. The van der Waals surface area contributed by atoms with E-state index in [1.165, 1.54) is 17.7 Å². The van der Waals surface area contributed by atoms with E-state index in [0.29, 0.717) is 4.91 Å². The number of halogens is 1. The van der Waals surface area contributed by atoms with Crippen LogP contribution in [-0.4, -0.2) is 4.21 Å². The standard InChI is InChI=1S/C22H19FOS/c1-16-3-7-18(8-4-16)15-22(19-9-11-20(23)12-10-19)25(24)21-13-5-17(2)6-14-21/h3-15H,1-2H3/b22-15+. The van der Waals surface area contributed by atoms with Gasteiger partial charge >= 0.3 is 0 Å². The van der Waals surface area contributed by atoms with E-state index >= 15 is 0 Å². The summed E-state index contributed by atoms with van der Waals surface area (Å²) in [6, 6.07) is 21.8. The van der Waals surface area contributed by atoms with Crippen molar-refractivity contribution in [3.63, 3.8) is 0 Å². The Morgan fingerprint density at radius 1 is 0.800 bits per heavy atom. The van der Waals surface area contributed by atoms with Gasteiger partial charge in [-0.15, -0.1) is 0 Å². The molecular formula is C22H19FOS. The van der Waals surface area contributed by atoms with E-state index in [0.717, 1.165) is 21.6 Å². The summed E-state index contributed by atoms with van der Waals surface area (Å²) in [4.78, 5) is 1.39. The Bertz CT molecular complexity index is 908. The molecule has 25 heavy (non-hydrogen) atoms. The smallest absolute Gasteiger partial charge is 0.123 e. The predicted molar refractivity (Wildman–Crippen MR) is 103 cm³/mol. The van der Waals surface area contributed by atoms with Gasteiger partial charge in [0.1, 0.15) is 5.82 Å². The monoisotopic (exact) mass is 350 g/mol. The lowest BCUT2D eigenvalue weighted by atomic mass is 10.1. The van der Waals surface area contributed by atoms with E-state index in [1.54, 1.807) is 12.1 Å². The van der Waals surface area contributed by atoms with E-state index < -0.39 is 10.8 Å². The van der Waals surface area contributed by atoms with Crippen LogP contribution in [0.2, 0.25) is 0 Å². The second-order valence-electron chi connectivity index (χ2n) is 6.01. The van der Waals surface area contributed by atoms with Gasteiger partial charge in [-0.1, -0.05) is 59.7 Å². The summed E-state index contributed by atoms with van der Waals surface area (Å²) in [5.41, 5.74) is 4.00. The molecule has 0 N–H and O–H groups in total. The summed E-state index contributed by atoms with van der Waals surface area (Å²) in [6.45, 7) is 4.02. The Kier molecular flexibility index (Phi) is 5.25. The molecule has 1 unspecified atom stereocenters. The van der Waals surface area contributed by atoms with E-state index in [4.69, 9.17) is 0 Å². The molecule has 3 heteroatoms. The van der Waals surface area contributed by atoms with E-state index in [9.17, 15) is 8.60 Å². The fraction of sp³-hybridized carbons (Fsp3) is 0.0909. The molecule has 3 rings (SSSR count). The molecule has 0 saturated heterocycles. The van der Waals surface area contributed by atoms with Crippen LogP contribution in [0.25, 0.3) is 11.0 Å². The molecule has 126 valence electrons.